The van der Waals surface area contributed by atoms with Crippen LogP contribution in [0.5, 0.6) is 0 Å². The number of hydrogen-bond acceptors (Lipinski definition) is 2. The van der Waals surface area contributed by atoms with Crippen LogP contribution in [-0.4, -0.2) is 19.0 Å². The molecule has 3 nitrogen and oxygen atoms in total. The highest BCUT2D eigenvalue weighted by Gasteiger charge is 2.06. The van der Waals surface area contributed by atoms with Gasteiger partial charge in [-0.05, 0) is 17.7 Å². The molecule has 0 fully saturated rings. The van der Waals surface area contributed by atoms with Gasteiger partial charge in [0, 0.05) is 25.2 Å². The highest BCUT2D eigenvalue weighted by molar-refractivity contribution is 5.78. The summed E-state index contributed by atoms with van der Waals surface area (Å²) < 4.78 is 0. The zero-order chi connectivity index (χ0) is 10.5. The van der Waals surface area contributed by atoms with E-state index in [0.717, 1.165) is 18.8 Å². The molecule has 0 aromatic rings. The van der Waals surface area contributed by atoms with Gasteiger partial charge >= 0.3 is 0 Å². The smallest absolute Gasteiger partial charge is 0.225 e. The van der Waals surface area contributed by atoms with Crippen LogP contribution in [0, 0.1) is 0 Å². The molecule has 0 radical (unpaired) electrons. The zero-order valence-corrected chi connectivity index (χ0v) is 8.49. The van der Waals surface area contributed by atoms with E-state index in [9.17, 15) is 4.79 Å². The van der Waals surface area contributed by atoms with E-state index < -0.39 is 0 Å². The van der Waals surface area contributed by atoms with Crippen molar-refractivity contribution in [1.29, 1.82) is 0 Å². The fourth-order valence-corrected chi connectivity index (χ4v) is 1.54. The van der Waals surface area contributed by atoms with Crippen LogP contribution in [0.25, 0.3) is 0 Å². The molecular formula is C12H14N2O. The lowest BCUT2D eigenvalue weighted by atomic mass is 10.1. The Bertz CT molecular complexity index is 375. The van der Waals surface area contributed by atoms with E-state index in [2.05, 4.69) is 10.6 Å². The molecule has 2 N–H and O–H groups in total. The molecule has 0 aromatic heterocycles. The summed E-state index contributed by atoms with van der Waals surface area (Å²) in [5.74, 6) is 0.0594. The van der Waals surface area contributed by atoms with Crippen molar-refractivity contribution in [2.24, 2.45) is 0 Å². The molecule has 0 unspecified atom stereocenters. The van der Waals surface area contributed by atoms with Gasteiger partial charge < -0.3 is 10.6 Å². The lowest BCUT2D eigenvalue weighted by Gasteiger charge is -2.05. The maximum absolute atomic E-state index is 11.4. The van der Waals surface area contributed by atoms with Crippen LogP contribution in [0.2, 0.25) is 0 Å². The molecule has 2 rings (SSSR count). The van der Waals surface area contributed by atoms with Crippen LogP contribution < -0.4 is 10.6 Å². The van der Waals surface area contributed by atoms with Crippen molar-refractivity contribution in [3.63, 3.8) is 0 Å². The summed E-state index contributed by atoms with van der Waals surface area (Å²) in [5, 5.41) is 6.11. The number of allylic oxidation sites excluding steroid dienone is 5. The fraction of sp³-hybridized carbons (Fsp3) is 0.250. The van der Waals surface area contributed by atoms with E-state index in [1.165, 1.54) is 5.57 Å². The molecule has 2 bridgehead atoms. The van der Waals surface area contributed by atoms with Crippen LogP contribution >= 0.6 is 0 Å². The molecule has 1 heterocycles. The summed E-state index contributed by atoms with van der Waals surface area (Å²) >= 11 is 0. The molecule has 0 atom stereocenters. The average Bonchev–Trinajstić information content (AvgIpc) is 2.26. The van der Waals surface area contributed by atoms with Crippen molar-refractivity contribution in [1.82, 2.24) is 10.6 Å². The second-order valence-corrected chi connectivity index (χ2v) is 3.56. The third-order valence-corrected chi connectivity index (χ3v) is 2.29. The highest BCUT2D eigenvalue weighted by atomic mass is 16.1. The predicted molar refractivity (Wildman–Crippen MR) is 60.1 cm³/mol. The minimum absolute atomic E-state index is 0.0594. The minimum atomic E-state index is 0.0594. The second-order valence-electron chi connectivity index (χ2n) is 3.56. The topological polar surface area (TPSA) is 41.1 Å². The molecule has 1 aliphatic heterocycles. The third kappa shape index (κ3) is 2.92. The Balaban J connectivity index is 2.26. The number of carbonyl (C=O) groups excluding carboxylic acids is 1. The molecule has 1 amide bonds. The van der Waals surface area contributed by atoms with E-state index in [1.54, 1.807) is 0 Å². The van der Waals surface area contributed by atoms with Gasteiger partial charge in [0.15, 0.2) is 0 Å². The maximum Gasteiger partial charge on any atom is 0.225 e. The SMILES string of the molecule is O=C1CCNCC2=C\C(=C/C=C/C=C\2)N1. The van der Waals surface area contributed by atoms with Crippen LogP contribution in [0.3, 0.4) is 0 Å². The number of hydrogen-bond donors (Lipinski definition) is 2. The number of rotatable bonds is 0. The minimum Gasteiger partial charge on any atom is -0.326 e. The van der Waals surface area contributed by atoms with E-state index in [1.807, 2.05) is 36.5 Å². The lowest BCUT2D eigenvalue weighted by Crippen LogP contribution is -2.25. The summed E-state index contributed by atoms with van der Waals surface area (Å²) in [4.78, 5) is 11.4. The first-order valence-electron chi connectivity index (χ1n) is 5.11. The number of carbonyl (C=O) groups is 1. The largest absolute Gasteiger partial charge is 0.326 e. The molecule has 0 spiro atoms. The van der Waals surface area contributed by atoms with Crippen LogP contribution in [-0.2, 0) is 4.79 Å². The normalized spacial score (nSPS) is 32.4. The van der Waals surface area contributed by atoms with E-state index in [4.69, 9.17) is 0 Å². The van der Waals surface area contributed by atoms with Crippen molar-refractivity contribution in [2.75, 3.05) is 13.1 Å². The Kier molecular flexibility index (Phi) is 3.15. The van der Waals surface area contributed by atoms with Gasteiger partial charge in [0.05, 0.1) is 0 Å². The Morgan fingerprint density at radius 3 is 3.07 bits per heavy atom. The molecule has 0 saturated heterocycles. The Labute approximate surface area is 89.2 Å². The van der Waals surface area contributed by atoms with Crippen molar-refractivity contribution in [2.45, 2.75) is 6.42 Å². The van der Waals surface area contributed by atoms with Gasteiger partial charge in [-0.2, -0.15) is 0 Å². The number of fused-ring (bicyclic) bond motifs is 1. The first kappa shape index (κ1) is 9.93. The summed E-state index contributed by atoms with van der Waals surface area (Å²) in [5.41, 5.74) is 2.03. The molecule has 0 aromatic carbocycles. The van der Waals surface area contributed by atoms with Crippen LogP contribution in [0.15, 0.2) is 47.7 Å². The van der Waals surface area contributed by atoms with Crippen molar-refractivity contribution < 1.29 is 4.79 Å². The first-order chi connectivity index (χ1) is 7.34. The molecule has 3 heteroatoms. The Hall–Kier alpha value is -1.61. The van der Waals surface area contributed by atoms with Gasteiger partial charge in [-0.1, -0.05) is 24.3 Å². The van der Waals surface area contributed by atoms with Crippen molar-refractivity contribution in [3.05, 3.63) is 47.7 Å². The van der Waals surface area contributed by atoms with E-state index in [-0.39, 0.29) is 5.91 Å². The molecule has 2 aliphatic rings. The van der Waals surface area contributed by atoms with Gasteiger partial charge in [-0.3, -0.25) is 4.79 Å². The molecule has 78 valence electrons. The molecule has 15 heavy (non-hydrogen) atoms. The lowest BCUT2D eigenvalue weighted by molar-refractivity contribution is -0.120. The first-order valence-corrected chi connectivity index (χ1v) is 5.11. The van der Waals surface area contributed by atoms with Gasteiger partial charge in [0.25, 0.3) is 0 Å². The van der Waals surface area contributed by atoms with E-state index >= 15 is 0 Å². The quantitative estimate of drug-likeness (QED) is 0.616. The van der Waals surface area contributed by atoms with Crippen molar-refractivity contribution >= 4 is 5.91 Å². The van der Waals surface area contributed by atoms with Crippen molar-refractivity contribution in [3.8, 4) is 0 Å². The number of nitrogens with one attached hydrogen (secondary N) is 2. The monoisotopic (exact) mass is 202 g/mol. The highest BCUT2D eigenvalue weighted by Crippen LogP contribution is 2.07. The average molecular weight is 202 g/mol. The summed E-state index contributed by atoms with van der Waals surface area (Å²) in [6.45, 7) is 1.52. The fourth-order valence-electron chi connectivity index (χ4n) is 1.54. The third-order valence-electron chi connectivity index (χ3n) is 2.29. The summed E-state index contributed by atoms with van der Waals surface area (Å²) in [7, 11) is 0. The van der Waals surface area contributed by atoms with Gasteiger partial charge in [0.2, 0.25) is 5.91 Å². The summed E-state index contributed by atoms with van der Waals surface area (Å²) in [6.07, 6.45) is 12.4. The number of amides is 1. The van der Waals surface area contributed by atoms with Crippen LogP contribution in [0.4, 0.5) is 0 Å². The summed E-state index contributed by atoms with van der Waals surface area (Å²) in [6, 6.07) is 0. The van der Waals surface area contributed by atoms with E-state index in [0.29, 0.717) is 6.42 Å². The van der Waals surface area contributed by atoms with Gasteiger partial charge in [-0.15, -0.1) is 0 Å². The zero-order valence-electron chi connectivity index (χ0n) is 8.49. The maximum atomic E-state index is 11.4. The second kappa shape index (κ2) is 4.75. The van der Waals surface area contributed by atoms with Crippen LogP contribution in [0.1, 0.15) is 6.42 Å². The molecular weight excluding hydrogens is 188 g/mol. The molecule has 0 saturated carbocycles. The Morgan fingerprint density at radius 2 is 2.13 bits per heavy atom. The predicted octanol–water partition coefficient (Wildman–Crippen LogP) is 1.03. The standard InChI is InChI=1S/C12H14N2O/c15-12-6-7-13-9-10-4-2-1-3-5-11(8-10)14-12/h1-5,8,13H,6-7,9H2,(H,14,15)/b2-1?,3-1+,4-2-,5-3?,10-4?,10-8-,11-5+,11-8?. The van der Waals surface area contributed by atoms with Gasteiger partial charge in [-0.25, -0.2) is 0 Å². The molecule has 1 aliphatic carbocycles. The van der Waals surface area contributed by atoms with Gasteiger partial charge in [0.1, 0.15) is 0 Å². The Morgan fingerprint density at radius 1 is 1.20 bits per heavy atom.